The lowest BCUT2D eigenvalue weighted by atomic mass is 9.99. The number of carboxylic acids is 1. The zero-order chi connectivity index (χ0) is 14.8. The van der Waals surface area contributed by atoms with Crippen molar-refractivity contribution in [1.82, 2.24) is 15.5 Å². The number of thioether (sulfide) groups is 1. The van der Waals surface area contributed by atoms with Crippen LogP contribution in [0.4, 0.5) is 5.13 Å². The predicted molar refractivity (Wildman–Crippen MR) is 81.8 cm³/mol. The standard InChI is InChI=1S/C12H20N4O2S2/c1-12(9(17)18,13-8-4-5-8)6-7-19-11-15-14-10(20-11)16(2)3/h8,13H,4-7H2,1-3H3,(H,17,18). The zero-order valence-corrected chi connectivity index (χ0v) is 13.6. The number of carbonyl (C=O) groups is 1. The Kier molecular flexibility index (Phi) is 4.87. The number of aliphatic carboxylic acids is 1. The molecule has 0 aromatic carbocycles. The van der Waals surface area contributed by atoms with E-state index >= 15 is 0 Å². The van der Waals surface area contributed by atoms with Gasteiger partial charge in [0.05, 0.1) is 0 Å². The summed E-state index contributed by atoms with van der Waals surface area (Å²) in [6, 6.07) is 0.378. The molecule has 20 heavy (non-hydrogen) atoms. The first kappa shape index (κ1) is 15.5. The van der Waals surface area contributed by atoms with E-state index in [4.69, 9.17) is 0 Å². The van der Waals surface area contributed by atoms with Crippen LogP contribution in [-0.4, -0.2) is 52.7 Å². The Morgan fingerprint density at radius 2 is 2.25 bits per heavy atom. The van der Waals surface area contributed by atoms with E-state index in [0.717, 1.165) is 22.3 Å². The average molecular weight is 316 g/mol. The van der Waals surface area contributed by atoms with Crippen LogP contribution in [0.1, 0.15) is 26.2 Å². The molecular formula is C12H20N4O2S2. The molecule has 6 nitrogen and oxygen atoms in total. The van der Waals surface area contributed by atoms with Crippen LogP contribution in [0.15, 0.2) is 4.34 Å². The maximum atomic E-state index is 11.4. The molecule has 1 fully saturated rings. The quantitative estimate of drug-likeness (QED) is 0.706. The highest BCUT2D eigenvalue weighted by Gasteiger charge is 2.38. The lowest BCUT2D eigenvalue weighted by Gasteiger charge is -2.26. The molecular weight excluding hydrogens is 296 g/mol. The molecule has 2 N–H and O–H groups in total. The molecule has 2 rings (SSSR count). The minimum Gasteiger partial charge on any atom is -0.480 e. The highest BCUT2D eigenvalue weighted by Crippen LogP contribution is 2.30. The Bertz CT molecular complexity index is 476. The Morgan fingerprint density at radius 3 is 2.75 bits per heavy atom. The lowest BCUT2D eigenvalue weighted by molar-refractivity contribution is -0.144. The number of carboxylic acid groups (broad SMARTS) is 1. The number of nitrogens with zero attached hydrogens (tertiary/aromatic N) is 3. The first-order chi connectivity index (χ1) is 9.40. The molecule has 0 saturated heterocycles. The van der Waals surface area contributed by atoms with Gasteiger partial charge in [-0.3, -0.25) is 10.1 Å². The van der Waals surface area contributed by atoms with Gasteiger partial charge < -0.3 is 10.0 Å². The number of nitrogens with one attached hydrogen (secondary N) is 1. The Labute approximate surface area is 127 Å². The molecule has 1 aromatic heterocycles. The van der Waals surface area contributed by atoms with Gasteiger partial charge in [-0.1, -0.05) is 23.1 Å². The Hall–Kier alpha value is -0.860. The van der Waals surface area contributed by atoms with Crippen molar-refractivity contribution >= 4 is 34.2 Å². The molecule has 0 spiro atoms. The number of hydrogen-bond donors (Lipinski definition) is 2. The summed E-state index contributed by atoms with van der Waals surface area (Å²) in [5.74, 6) is -0.0684. The molecule has 1 atom stereocenters. The van der Waals surface area contributed by atoms with Gasteiger partial charge in [-0.15, -0.1) is 10.2 Å². The minimum absolute atomic E-state index is 0.378. The molecule has 1 saturated carbocycles. The summed E-state index contributed by atoms with van der Waals surface area (Å²) in [5.41, 5.74) is -0.844. The van der Waals surface area contributed by atoms with Crippen molar-refractivity contribution in [2.24, 2.45) is 0 Å². The summed E-state index contributed by atoms with van der Waals surface area (Å²) in [4.78, 5) is 13.3. The summed E-state index contributed by atoms with van der Waals surface area (Å²) in [7, 11) is 3.85. The normalized spacial score (nSPS) is 17.8. The first-order valence-corrected chi connectivity index (χ1v) is 8.35. The van der Waals surface area contributed by atoms with Crippen LogP contribution in [0.2, 0.25) is 0 Å². The highest BCUT2D eigenvalue weighted by molar-refractivity contribution is 8.01. The topological polar surface area (TPSA) is 78.4 Å². The van der Waals surface area contributed by atoms with E-state index in [9.17, 15) is 9.90 Å². The molecule has 0 amide bonds. The minimum atomic E-state index is -0.844. The fraction of sp³-hybridized carbons (Fsp3) is 0.750. The molecule has 8 heteroatoms. The van der Waals surface area contributed by atoms with Gasteiger partial charge in [-0.05, 0) is 26.2 Å². The lowest BCUT2D eigenvalue weighted by Crippen LogP contribution is -2.50. The van der Waals surface area contributed by atoms with Crippen LogP contribution in [0, 0.1) is 0 Å². The van der Waals surface area contributed by atoms with Crippen molar-refractivity contribution in [2.75, 3.05) is 24.7 Å². The van der Waals surface area contributed by atoms with E-state index in [1.54, 1.807) is 18.7 Å². The van der Waals surface area contributed by atoms with E-state index in [0.29, 0.717) is 18.2 Å². The maximum absolute atomic E-state index is 11.4. The average Bonchev–Trinajstić information content (AvgIpc) is 3.04. The molecule has 1 aromatic rings. The SMILES string of the molecule is CN(C)c1nnc(SCCC(C)(NC2CC2)C(=O)O)s1. The summed E-state index contributed by atoms with van der Waals surface area (Å²) in [6.07, 6.45) is 2.73. The van der Waals surface area contributed by atoms with Crippen LogP contribution in [0.5, 0.6) is 0 Å². The van der Waals surface area contributed by atoms with Crippen LogP contribution in [0.25, 0.3) is 0 Å². The second kappa shape index (κ2) is 6.28. The Morgan fingerprint density at radius 1 is 1.55 bits per heavy atom. The monoisotopic (exact) mass is 316 g/mol. The van der Waals surface area contributed by atoms with Gasteiger partial charge in [-0.25, -0.2) is 0 Å². The second-order valence-corrected chi connectivity index (χ2v) is 7.70. The fourth-order valence-corrected chi connectivity index (χ4v) is 3.70. The largest absolute Gasteiger partial charge is 0.480 e. The van der Waals surface area contributed by atoms with Crippen molar-refractivity contribution in [3.05, 3.63) is 0 Å². The third-order valence-corrected chi connectivity index (χ3v) is 5.40. The smallest absolute Gasteiger partial charge is 0.323 e. The van der Waals surface area contributed by atoms with Crippen LogP contribution in [0.3, 0.4) is 0 Å². The van der Waals surface area contributed by atoms with Gasteiger partial charge in [0, 0.05) is 25.9 Å². The highest BCUT2D eigenvalue weighted by atomic mass is 32.2. The van der Waals surface area contributed by atoms with E-state index < -0.39 is 11.5 Å². The van der Waals surface area contributed by atoms with Gasteiger partial charge in [-0.2, -0.15) is 0 Å². The van der Waals surface area contributed by atoms with Crippen molar-refractivity contribution in [2.45, 2.75) is 42.1 Å². The molecule has 112 valence electrons. The van der Waals surface area contributed by atoms with E-state index in [1.807, 2.05) is 19.0 Å². The predicted octanol–water partition coefficient (Wildman–Crippen LogP) is 1.68. The summed E-state index contributed by atoms with van der Waals surface area (Å²) >= 11 is 3.09. The van der Waals surface area contributed by atoms with Crippen LogP contribution in [-0.2, 0) is 4.79 Å². The van der Waals surface area contributed by atoms with E-state index in [2.05, 4.69) is 15.5 Å². The molecule has 1 heterocycles. The van der Waals surface area contributed by atoms with Crippen molar-refractivity contribution in [3.8, 4) is 0 Å². The van der Waals surface area contributed by atoms with Gasteiger partial charge in [0.2, 0.25) is 5.13 Å². The fourth-order valence-electron chi connectivity index (χ4n) is 1.70. The molecule has 1 unspecified atom stereocenters. The summed E-state index contributed by atoms with van der Waals surface area (Å²) in [5, 5.41) is 21.6. The third-order valence-electron chi connectivity index (χ3n) is 3.18. The van der Waals surface area contributed by atoms with E-state index in [-0.39, 0.29) is 0 Å². The first-order valence-electron chi connectivity index (χ1n) is 6.55. The van der Waals surface area contributed by atoms with Crippen molar-refractivity contribution < 1.29 is 9.90 Å². The van der Waals surface area contributed by atoms with Gasteiger partial charge in [0.1, 0.15) is 5.54 Å². The van der Waals surface area contributed by atoms with Crippen LogP contribution >= 0.6 is 23.1 Å². The Balaban J connectivity index is 1.84. The van der Waals surface area contributed by atoms with Gasteiger partial charge >= 0.3 is 5.97 Å². The van der Waals surface area contributed by atoms with E-state index in [1.165, 1.54) is 11.3 Å². The summed E-state index contributed by atoms with van der Waals surface area (Å²) in [6.45, 7) is 1.76. The molecule has 0 radical (unpaired) electrons. The summed E-state index contributed by atoms with van der Waals surface area (Å²) < 4.78 is 0.882. The number of rotatable bonds is 8. The van der Waals surface area contributed by atoms with Gasteiger partial charge in [0.25, 0.3) is 0 Å². The third kappa shape index (κ3) is 4.07. The van der Waals surface area contributed by atoms with Gasteiger partial charge in [0.15, 0.2) is 4.34 Å². The molecule has 0 aliphatic heterocycles. The van der Waals surface area contributed by atoms with Crippen molar-refractivity contribution in [3.63, 3.8) is 0 Å². The number of hydrogen-bond acceptors (Lipinski definition) is 7. The van der Waals surface area contributed by atoms with Crippen LogP contribution < -0.4 is 10.2 Å². The number of aromatic nitrogens is 2. The molecule has 1 aliphatic rings. The zero-order valence-electron chi connectivity index (χ0n) is 11.9. The second-order valence-electron chi connectivity index (χ2n) is 5.40. The molecule has 0 bridgehead atoms. The number of anilines is 1. The van der Waals surface area contributed by atoms with Crippen molar-refractivity contribution in [1.29, 1.82) is 0 Å². The molecule has 1 aliphatic carbocycles. The maximum Gasteiger partial charge on any atom is 0.323 e.